The Balaban J connectivity index is 2.63. The molecule has 0 saturated heterocycles. The summed E-state index contributed by atoms with van der Waals surface area (Å²) < 4.78 is 5.19. The van der Waals surface area contributed by atoms with Crippen molar-refractivity contribution < 1.29 is 9.53 Å². The molecule has 1 aliphatic carbocycles. The van der Waals surface area contributed by atoms with Gasteiger partial charge in [-0.25, -0.2) is 0 Å². The van der Waals surface area contributed by atoms with Crippen LogP contribution < -0.4 is 5.32 Å². The SMILES string of the molecule is CCCN(C)C1CCC(NC)(C(=O)OCC)C1. The number of esters is 1. The third-order valence-electron chi connectivity index (χ3n) is 3.83. The van der Waals surface area contributed by atoms with Gasteiger partial charge in [0.2, 0.25) is 0 Å². The minimum atomic E-state index is -0.456. The minimum absolute atomic E-state index is 0.0881. The van der Waals surface area contributed by atoms with Crippen molar-refractivity contribution in [3.63, 3.8) is 0 Å². The Hall–Kier alpha value is -0.610. The fraction of sp³-hybridized carbons (Fsp3) is 0.923. The lowest BCUT2D eigenvalue weighted by molar-refractivity contribution is -0.151. The van der Waals surface area contributed by atoms with E-state index in [1.54, 1.807) is 0 Å². The van der Waals surface area contributed by atoms with E-state index in [0.29, 0.717) is 12.6 Å². The van der Waals surface area contributed by atoms with Crippen molar-refractivity contribution in [3.05, 3.63) is 0 Å². The zero-order valence-electron chi connectivity index (χ0n) is 11.6. The summed E-state index contributed by atoms with van der Waals surface area (Å²) in [5.41, 5.74) is -0.456. The zero-order chi connectivity index (χ0) is 12.9. The van der Waals surface area contributed by atoms with Gasteiger partial charge in [0.05, 0.1) is 6.61 Å². The van der Waals surface area contributed by atoms with E-state index in [-0.39, 0.29) is 5.97 Å². The van der Waals surface area contributed by atoms with E-state index in [2.05, 4.69) is 24.2 Å². The second-order valence-corrected chi connectivity index (χ2v) is 4.93. The summed E-state index contributed by atoms with van der Waals surface area (Å²) in [5, 5.41) is 3.19. The second kappa shape index (κ2) is 6.36. The Morgan fingerprint density at radius 2 is 2.24 bits per heavy atom. The summed E-state index contributed by atoms with van der Waals surface area (Å²) in [5.74, 6) is -0.0881. The Morgan fingerprint density at radius 1 is 1.53 bits per heavy atom. The van der Waals surface area contributed by atoms with Gasteiger partial charge in [0.25, 0.3) is 0 Å². The molecule has 17 heavy (non-hydrogen) atoms. The van der Waals surface area contributed by atoms with Crippen LogP contribution in [-0.2, 0) is 9.53 Å². The standard InChI is InChI=1S/C13H26N2O2/c1-5-9-15(4)11-7-8-13(10-11,14-3)12(16)17-6-2/h11,14H,5-10H2,1-4H3. The van der Waals surface area contributed by atoms with Crippen LogP contribution >= 0.6 is 0 Å². The predicted molar refractivity (Wildman–Crippen MR) is 69.0 cm³/mol. The number of nitrogens with one attached hydrogen (secondary N) is 1. The van der Waals surface area contributed by atoms with E-state index >= 15 is 0 Å². The molecule has 0 aromatic rings. The Kier molecular flexibility index (Phi) is 5.40. The summed E-state index contributed by atoms with van der Waals surface area (Å²) in [6, 6.07) is 0.492. The van der Waals surface area contributed by atoms with Crippen LogP contribution in [0.5, 0.6) is 0 Å². The number of rotatable bonds is 6. The summed E-state index contributed by atoms with van der Waals surface area (Å²) in [6.07, 6.45) is 3.95. The Bertz CT molecular complexity index is 258. The average Bonchev–Trinajstić information content (AvgIpc) is 2.75. The number of likely N-dealkylation sites (N-methyl/N-ethyl adjacent to an activating group) is 1. The van der Waals surface area contributed by atoms with Crippen LogP contribution in [-0.4, -0.2) is 49.7 Å². The number of hydrogen-bond acceptors (Lipinski definition) is 4. The lowest BCUT2D eigenvalue weighted by atomic mass is 9.97. The van der Waals surface area contributed by atoms with E-state index < -0.39 is 5.54 Å². The molecule has 0 amide bonds. The van der Waals surface area contributed by atoms with Crippen molar-refractivity contribution in [2.45, 2.75) is 51.1 Å². The van der Waals surface area contributed by atoms with E-state index in [1.165, 1.54) is 0 Å². The maximum atomic E-state index is 12.0. The van der Waals surface area contributed by atoms with Crippen molar-refractivity contribution in [2.75, 3.05) is 27.2 Å². The van der Waals surface area contributed by atoms with Crippen LogP contribution in [0.25, 0.3) is 0 Å². The molecular weight excluding hydrogens is 216 g/mol. The summed E-state index contributed by atoms with van der Waals surface area (Å²) in [6.45, 7) is 5.59. The molecule has 0 aliphatic heterocycles. The number of hydrogen-bond donors (Lipinski definition) is 1. The number of ether oxygens (including phenoxy) is 1. The Labute approximate surface area is 105 Å². The highest BCUT2D eigenvalue weighted by atomic mass is 16.5. The molecule has 1 saturated carbocycles. The topological polar surface area (TPSA) is 41.6 Å². The molecule has 0 bridgehead atoms. The first-order valence-corrected chi connectivity index (χ1v) is 6.66. The number of nitrogens with zero attached hydrogens (tertiary/aromatic N) is 1. The van der Waals surface area contributed by atoms with Gasteiger partial charge >= 0.3 is 5.97 Å². The summed E-state index contributed by atoms with van der Waals surface area (Å²) in [7, 11) is 4.00. The van der Waals surface area contributed by atoms with Crippen molar-refractivity contribution in [3.8, 4) is 0 Å². The minimum Gasteiger partial charge on any atom is -0.465 e. The molecule has 0 aromatic carbocycles. The van der Waals surface area contributed by atoms with Gasteiger partial charge in [-0.1, -0.05) is 6.92 Å². The Morgan fingerprint density at radius 3 is 2.76 bits per heavy atom. The van der Waals surface area contributed by atoms with Crippen molar-refractivity contribution in [2.24, 2.45) is 0 Å². The van der Waals surface area contributed by atoms with Crippen molar-refractivity contribution >= 4 is 5.97 Å². The first-order chi connectivity index (χ1) is 8.09. The quantitative estimate of drug-likeness (QED) is 0.715. The number of carbonyl (C=O) groups excluding carboxylic acids is 1. The molecule has 0 aromatic heterocycles. The number of carbonyl (C=O) groups is 1. The predicted octanol–water partition coefficient (Wildman–Crippen LogP) is 1.40. The average molecular weight is 242 g/mol. The van der Waals surface area contributed by atoms with Gasteiger partial charge < -0.3 is 15.0 Å². The van der Waals surface area contributed by atoms with Crippen LogP contribution in [0.4, 0.5) is 0 Å². The lowest BCUT2D eigenvalue weighted by Gasteiger charge is -2.28. The van der Waals surface area contributed by atoms with Gasteiger partial charge in [-0.05, 0) is 53.2 Å². The van der Waals surface area contributed by atoms with Gasteiger partial charge in [-0.2, -0.15) is 0 Å². The summed E-state index contributed by atoms with van der Waals surface area (Å²) >= 11 is 0. The maximum Gasteiger partial charge on any atom is 0.326 e. The van der Waals surface area contributed by atoms with Crippen molar-refractivity contribution in [1.82, 2.24) is 10.2 Å². The zero-order valence-corrected chi connectivity index (χ0v) is 11.6. The molecule has 1 aliphatic rings. The molecule has 0 spiro atoms. The molecule has 4 nitrogen and oxygen atoms in total. The molecular formula is C13H26N2O2. The largest absolute Gasteiger partial charge is 0.465 e. The molecule has 2 atom stereocenters. The lowest BCUT2D eigenvalue weighted by Crippen LogP contribution is -2.50. The van der Waals surface area contributed by atoms with E-state index in [1.807, 2.05) is 14.0 Å². The fourth-order valence-electron chi connectivity index (χ4n) is 2.71. The smallest absolute Gasteiger partial charge is 0.326 e. The summed E-state index contributed by atoms with van der Waals surface area (Å²) in [4.78, 5) is 14.4. The monoisotopic (exact) mass is 242 g/mol. The van der Waals surface area contributed by atoms with E-state index in [9.17, 15) is 4.79 Å². The van der Waals surface area contributed by atoms with Crippen LogP contribution in [0, 0.1) is 0 Å². The van der Waals surface area contributed by atoms with Gasteiger partial charge in [-0.3, -0.25) is 4.79 Å². The first-order valence-electron chi connectivity index (χ1n) is 6.66. The molecule has 1 N–H and O–H groups in total. The maximum absolute atomic E-state index is 12.0. The van der Waals surface area contributed by atoms with Gasteiger partial charge in [0.15, 0.2) is 0 Å². The van der Waals surface area contributed by atoms with Crippen LogP contribution in [0.1, 0.15) is 39.5 Å². The second-order valence-electron chi connectivity index (χ2n) is 4.93. The van der Waals surface area contributed by atoms with Crippen LogP contribution in [0.3, 0.4) is 0 Å². The molecule has 0 radical (unpaired) electrons. The first kappa shape index (κ1) is 14.5. The van der Waals surface area contributed by atoms with E-state index in [0.717, 1.165) is 32.2 Å². The highest BCUT2D eigenvalue weighted by molar-refractivity contribution is 5.81. The fourth-order valence-corrected chi connectivity index (χ4v) is 2.71. The van der Waals surface area contributed by atoms with Crippen molar-refractivity contribution in [1.29, 1.82) is 0 Å². The van der Waals surface area contributed by atoms with Crippen LogP contribution in [0.15, 0.2) is 0 Å². The molecule has 2 unspecified atom stereocenters. The van der Waals surface area contributed by atoms with Gasteiger partial charge in [0.1, 0.15) is 5.54 Å². The third kappa shape index (κ3) is 3.19. The van der Waals surface area contributed by atoms with Crippen LogP contribution in [0.2, 0.25) is 0 Å². The molecule has 0 heterocycles. The van der Waals surface area contributed by atoms with Gasteiger partial charge in [-0.15, -0.1) is 0 Å². The molecule has 4 heteroatoms. The van der Waals surface area contributed by atoms with Gasteiger partial charge in [0, 0.05) is 6.04 Å². The molecule has 1 fully saturated rings. The highest BCUT2D eigenvalue weighted by Gasteiger charge is 2.46. The highest BCUT2D eigenvalue weighted by Crippen LogP contribution is 2.33. The molecule has 100 valence electrons. The van der Waals surface area contributed by atoms with E-state index in [4.69, 9.17) is 4.74 Å². The third-order valence-corrected chi connectivity index (χ3v) is 3.83. The normalized spacial score (nSPS) is 28.6. The molecule has 1 rings (SSSR count).